The molecule has 2 fully saturated rings. The molecule has 2 unspecified atom stereocenters. The molecule has 0 aliphatic carbocycles. The first-order valence-electron chi connectivity index (χ1n) is 8.78. The first kappa shape index (κ1) is 17.8. The van der Waals surface area contributed by atoms with Crippen LogP contribution >= 0.6 is 0 Å². The van der Waals surface area contributed by atoms with Crippen molar-refractivity contribution >= 4 is 11.9 Å². The molecule has 8 heteroatoms. The number of amides is 1. The Labute approximate surface area is 147 Å². The molecule has 2 saturated heterocycles. The van der Waals surface area contributed by atoms with Gasteiger partial charge in [-0.25, -0.2) is 0 Å². The SMILES string of the molecule is CN=C(NCCNC(=O)c1ccco1)N1CCOC(C2CCCO2)C1. The van der Waals surface area contributed by atoms with Crippen LogP contribution in [0.25, 0.3) is 0 Å². The van der Waals surface area contributed by atoms with Crippen molar-refractivity contribution in [2.24, 2.45) is 4.99 Å². The van der Waals surface area contributed by atoms with Crippen molar-refractivity contribution in [3.8, 4) is 0 Å². The second-order valence-corrected chi connectivity index (χ2v) is 6.11. The maximum atomic E-state index is 11.8. The number of ether oxygens (including phenoxy) is 2. The van der Waals surface area contributed by atoms with Gasteiger partial charge in [-0.3, -0.25) is 9.79 Å². The minimum Gasteiger partial charge on any atom is -0.459 e. The van der Waals surface area contributed by atoms with Crippen LogP contribution in [0.5, 0.6) is 0 Å². The molecule has 0 aromatic carbocycles. The van der Waals surface area contributed by atoms with Gasteiger partial charge in [-0.1, -0.05) is 0 Å². The second kappa shape index (κ2) is 8.87. The molecule has 2 N–H and O–H groups in total. The molecule has 0 radical (unpaired) electrons. The number of hydrogen-bond donors (Lipinski definition) is 2. The van der Waals surface area contributed by atoms with E-state index in [0.29, 0.717) is 25.5 Å². The fourth-order valence-electron chi connectivity index (χ4n) is 3.17. The fourth-order valence-corrected chi connectivity index (χ4v) is 3.17. The maximum absolute atomic E-state index is 11.8. The minimum atomic E-state index is -0.216. The number of morpholine rings is 1. The van der Waals surface area contributed by atoms with Crippen LogP contribution in [0.1, 0.15) is 23.4 Å². The minimum absolute atomic E-state index is 0.0912. The number of furan rings is 1. The molecule has 138 valence electrons. The Hall–Kier alpha value is -2.06. The zero-order valence-electron chi connectivity index (χ0n) is 14.6. The average molecular weight is 350 g/mol. The number of rotatable bonds is 5. The summed E-state index contributed by atoms with van der Waals surface area (Å²) in [6.45, 7) is 4.12. The molecule has 0 bridgehead atoms. The van der Waals surface area contributed by atoms with Gasteiger partial charge >= 0.3 is 0 Å². The monoisotopic (exact) mass is 350 g/mol. The number of nitrogens with one attached hydrogen (secondary N) is 2. The summed E-state index contributed by atoms with van der Waals surface area (Å²) in [5, 5.41) is 6.09. The number of aliphatic imine (C=N–C) groups is 1. The molecule has 2 aliphatic heterocycles. The van der Waals surface area contributed by atoms with E-state index in [-0.39, 0.29) is 18.1 Å². The lowest BCUT2D eigenvalue weighted by atomic mass is 10.1. The van der Waals surface area contributed by atoms with Gasteiger partial charge in [0.15, 0.2) is 11.7 Å². The van der Waals surface area contributed by atoms with Crippen molar-refractivity contribution in [2.45, 2.75) is 25.0 Å². The second-order valence-electron chi connectivity index (χ2n) is 6.11. The molecular formula is C17H26N4O4. The normalized spacial score (nSPS) is 24.4. The van der Waals surface area contributed by atoms with E-state index < -0.39 is 0 Å². The van der Waals surface area contributed by atoms with E-state index in [2.05, 4.69) is 20.5 Å². The Morgan fingerprint density at radius 1 is 1.28 bits per heavy atom. The Kier molecular flexibility index (Phi) is 6.30. The third kappa shape index (κ3) is 4.73. The Morgan fingerprint density at radius 2 is 2.12 bits per heavy atom. The number of carbonyl (C=O) groups excluding carboxylic acids is 1. The van der Waals surface area contributed by atoms with Gasteiger partial charge in [0.25, 0.3) is 5.91 Å². The predicted molar refractivity (Wildman–Crippen MR) is 92.7 cm³/mol. The van der Waals surface area contributed by atoms with Gasteiger partial charge in [0.2, 0.25) is 0 Å². The summed E-state index contributed by atoms with van der Waals surface area (Å²) in [7, 11) is 1.76. The average Bonchev–Trinajstić information content (AvgIpc) is 3.35. The van der Waals surface area contributed by atoms with Crippen LogP contribution in [0.3, 0.4) is 0 Å². The lowest BCUT2D eigenvalue weighted by Crippen LogP contribution is -2.54. The third-order valence-corrected chi connectivity index (χ3v) is 4.42. The highest BCUT2D eigenvalue weighted by Crippen LogP contribution is 2.20. The Balaban J connectivity index is 1.41. The summed E-state index contributed by atoms with van der Waals surface area (Å²) >= 11 is 0. The molecular weight excluding hydrogens is 324 g/mol. The van der Waals surface area contributed by atoms with Gasteiger partial charge in [0.05, 0.1) is 19.0 Å². The molecule has 3 rings (SSSR count). The molecule has 0 spiro atoms. The number of hydrogen-bond acceptors (Lipinski definition) is 5. The van der Waals surface area contributed by atoms with E-state index in [1.807, 2.05) is 0 Å². The fraction of sp³-hybridized carbons (Fsp3) is 0.647. The van der Waals surface area contributed by atoms with E-state index >= 15 is 0 Å². The zero-order valence-corrected chi connectivity index (χ0v) is 14.6. The topological polar surface area (TPSA) is 88.3 Å². The van der Waals surface area contributed by atoms with Crippen molar-refractivity contribution in [2.75, 3.05) is 46.4 Å². The number of guanidine groups is 1. The Bertz CT molecular complexity index is 569. The lowest BCUT2D eigenvalue weighted by Gasteiger charge is -2.37. The Morgan fingerprint density at radius 3 is 2.84 bits per heavy atom. The van der Waals surface area contributed by atoms with Gasteiger partial charge < -0.3 is 29.4 Å². The van der Waals surface area contributed by atoms with Crippen LogP contribution in [0.2, 0.25) is 0 Å². The number of nitrogens with zero attached hydrogens (tertiary/aromatic N) is 2. The first-order valence-corrected chi connectivity index (χ1v) is 8.78. The van der Waals surface area contributed by atoms with E-state index in [1.54, 1.807) is 19.2 Å². The summed E-state index contributed by atoms with van der Waals surface area (Å²) in [5.74, 6) is 0.919. The third-order valence-electron chi connectivity index (χ3n) is 4.42. The molecule has 1 aromatic rings. The zero-order chi connectivity index (χ0) is 17.5. The van der Waals surface area contributed by atoms with Crippen LogP contribution in [-0.4, -0.2) is 75.4 Å². The molecule has 1 aromatic heterocycles. The summed E-state index contributed by atoms with van der Waals surface area (Å²) in [4.78, 5) is 18.3. The summed E-state index contributed by atoms with van der Waals surface area (Å²) in [6, 6.07) is 3.33. The van der Waals surface area contributed by atoms with Crippen LogP contribution in [-0.2, 0) is 9.47 Å². The van der Waals surface area contributed by atoms with Crippen LogP contribution in [0.15, 0.2) is 27.8 Å². The van der Waals surface area contributed by atoms with Crippen molar-refractivity contribution in [1.82, 2.24) is 15.5 Å². The molecule has 8 nitrogen and oxygen atoms in total. The van der Waals surface area contributed by atoms with Crippen molar-refractivity contribution in [3.63, 3.8) is 0 Å². The quantitative estimate of drug-likeness (QED) is 0.456. The molecule has 2 aliphatic rings. The smallest absolute Gasteiger partial charge is 0.287 e. The maximum Gasteiger partial charge on any atom is 0.287 e. The standard InChI is InChI=1S/C17H26N4O4/c1-18-17(20-7-6-19-16(22)14-5-3-10-24-14)21-8-11-25-15(12-21)13-4-2-9-23-13/h3,5,10,13,15H,2,4,6-9,11-12H2,1H3,(H,18,20)(H,19,22). The van der Waals surface area contributed by atoms with E-state index in [9.17, 15) is 4.79 Å². The van der Waals surface area contributed by atoms with E-state index in [0.717, 1.165) is 38.5 Å². The molecule has 2 atom stereocenters. The molecule has 0 saturated carbocycles. The van der Waals surface area contributed by atoms with Crippen LogP contribution < -0.4 is 10.6 Å². The highest BCUT2D eigenvalue weighted by Gasteiger charge is 2.32. The van der Waals surface area contributed by atoms with Crippen molar-refractivity contribution in [3.05, 3.63) is 24.2 Å². The van der Waals surface area contributed by atoms with Gasteiger partial charge in [0.1, 0.15) is 6.10 Å². The highest BCUT2D eigenvalue weighted by molar-refractivity contribution is 5.91. The van der Waals surface area contributed by atoms with Crippen molar-refractivity contribution in [1.29, 1.82) is 0 Å². The van der Waals surface area contributed by atoms with Crippen molar-refractivity contribution < 1.29 is 18.7 Å². The largest absolute Gasteiger partial charge is 0.459 e. The molecule has 3 heterocycles. The summed E-state index contributed by atoms with van der Waals surface area (Å²) in [6.07, 6.45) is 3.93. The van der Waals surface area contributed by atoms with Crippen LogP contribution in [0.4, 0.5) is 0 Å². The predicted octanol–water partition coefficient (Wildman–Crippen LogP) is 0.465. The van der Waals surface area contributed by atoms with Gasteiger partial charge in [-0.2, -0.15) is 0 Å². The van der Waals surface area contributed by atoms with Gasteiger partial charge in [-0.05, 0) is 25.0 Å². The van der Waals surface area contributed by atoms with Gasteiger partial charge in [0, 0.05) is 39.8 Å². The van der Waals surface area contributed by atoms with E-state index in [4.69, 9.17) is 13.9 Å². The highest BCUT2D eigenvalue weighted by atomic mass is 16.5. The first-order chi connectivity index (χ1) is 12.3. The lowest BCUT2D eigenvalue weighted by molar-refractivity contribution is -0.0816. The van der Waals surface area contributed by atoms with E-state index in [1.165, 1.54) is 6.26 Å². The number of carbonyl (C=O) groups is 1. The molecule has 25 heavy (non-hydrogen) atoms. The molecule has 1 amide bonds. The summed E-state index contributed by atoms with van der Waals surface area (Å²) in [5.41, 5.74) is 0. The van der Waals surface area contributed by atoms with Crippen LogP contribution in [0, 0.1) is 0 Å². The van der Waals surface area contributed by atoms with Gasteiger partial charge in [-0.15, -0.1) is 0 Å². The summed E-state index contributed by atoms with van der Waals surface area (Å²) < 4.78 is 16.7.